The third-order valence-electron chi connectivity index (χ3n) is 3.45. The largest absolute Gasteiger partial charge is 0.337 e. The fourth-order valence-electron chi connectivity index (χ4n) is 2.48. The van der Waals surface area contributed by atoms with E-state index in [4.69, 9.17) is 5.73 Å². The van der Waals surface area contributed by atoms with E-state index >= 15 is 0 Å². The van der Waals surface area contributed by atoms with Gasteiger partial charge in [-0.3, -0.25) is 4.90 Å². The molecule has 1 heterocycles. The van der Waals surface area contributed by atoms with E-state index < -0.39 is 0 Å². The number of aryl methyl sites for hydroxylation is 2. The number of amides is 2. The molecule has 0 aromatic heterocycles. The zero-order valence-electron chi connectivity index (χ0n) is 11.1. The zero-order valence-corrected chi connectivity index (χ0v) is 11.1. The molecule has 1 aliphatic heterocycles. The van der Waals surface area contributed by atoms with Gasteiger partial charge in [-0.15, -0.1) is 0 Å². The Morgan fingerprint density at radius 1 is 1.44 bits per heavy atom. The minimum atomic E-state index is -0.00442. The van der Waals surface area contributed by atoms with E-state index in [1.54, 1.807) is 0 Å². The van der Waals surface area contributed by atoms with E-state index in [-0.39, 0.29) is 6.03 Å². The van der Waals surface area contributed by atoms with Crippen LogP contribution in [0.5, 0.6) is 0 Å². The lowest BCUT2D eigenvalue weighted by molar-refractivity contribution is 0.236. The molecule has 4 heteroatoms. The van der Waals surface area contributed by atoms with Gasteiger partial charge in [0.1, 0.15) is 0 Å². The number of nitrogens with one attached hydrogen (secondary N) is 1. The average Bonchev–Trinajstić information content (AvgIpc) is 2.33. The number of carbonyl (C=O) groups is 1. The van der Waals surface area contributed by atoms with Gasteiger partial charge in [-0.1, -0.05) is 17.7 Å². The monoisotopic (exact) mass is 247 g/mol. The van der Waals surface area contributed by atoms with Gasteiger partial charge in [0.2, 0.25) is 0 Å². The van der Waals surface area contributed by atoms with Gasteiger partial charge in [0, 0.05) is 18.8 Å². The number of rotatable bonds is 3. The number of carbonyl (C=O) groups excluding carboxylic acids is 1. The second-order valence-corrected chi connectivity index (χ2v) is 5.03. The molecule has 0 aliphatic carbocycles. The molecule has 1 aromatic rings. The lowest BCUT2D eigenvalue weighted by Crippen LogP contribution is -2.51. The zero-order chi connectivity index (χ0) is 13.1. The third kappa shape index (κ3) is 2.64. The topological polar surface area (TPSA) is 58.4 Å². The number of nitrogens with zero attached hydrogens (tertiary/aromatic N) is 1. The molecule has 1 atom stereocenters. The molecular weight excluding hydrogens is 226 g/mol. The third-order valence-corrected chi connectivity index (χ3v) is 3.45. The van der Waals surface area contributed by atoms with E-state index in [0.717, 1.165) is 30.8 Å². The number of benzene rings is 1. The molecule has 0 radical (unpaired) electrons. The predicted molar refractivity (Wildman–Crippen MR) is 73.8 cm³/mol. The Morgan fingerprint density at radius 2 is 2.22 bits per heavy atom. The summed E-state index contributed by atoms with van der Waals surface area (Å²) in [6, 6.07) is 6.17. The Hall–Kier alpha value is -1.55. The molecule has 1 aliphatic rings. The molecule has 3 N–H and O–H groups in total. The van der Waals surface area contributed by atoms with Gasteiger partial charge in [-0.25, -0.2) is 4.79 Å². The van der Waals surface area contributed by atoms with Gasteiger partial charge in [0.25, 0.3) is 0 Å². The van der Waals surface area contributed by atoms with E-state index in [9.17, 15) is 4.79 Å². The highest BCUT2D eigenvalue weighted by Crippen LogP contribution is 2.24. The smallest absolute Gasteiger partial charge is 0.321 e. The number of hydrogen-bond acceptors (Lipinski definition) is 2. The molecule has 4 nitrogen and oxygen atoms in total. The second-order valence-electron chi connectivity index (χ2n) is 5.03. The summed E-state index contributed by atoms with van der Waals surface area (Å²) in [5, 5.41) is 2.94. The molecule has 2 amide bonds. The van der Waals surface area contributed by atoms with Crippen LogP contribution in [0.15, 0.2) is 18.2 Å². The fraction of sp³-hybridized carbons (Fsp3) is 0.500. The van der Waals surface area contributed by atoms with Crippen LogP contribution in [-0.4, -0.2) is 25.7 Å². The highest BCUT2D eigenvalue weighted by atomic mass is 16.2. The van der Waals surface area contributed by atoms with Crippen LogP contribution in [-0.2, 0) is 0 Å². The van der Waals surface area contributed by atoms with Crippen molar-refractivity contribution in [3.05, 3.63) is 29.3 Å². The summed E-state index contributed by atoms with van der Waals surface area (Å²) >= 11 is 0. The van der Waals surface area contributed by atoms with E-state index in [1.807, 2.05) is 24.0 Å². The Balaban J connectivity index is 2.21. The quantitative estimate of drug-likeness (QED) is 0.855. The summed E-state index contributed by atoms with van der Waals surface area (Å²) in [5.41, 5.74) is 8.95. The Kier molecular flexibility index (Phi) is 3.87. The maximum atomic E-state index is 12.0. The molecule has 1 fully saturated rings. The average molecular weight is 247 g/mol. The normalized spacial score (nSPS) is 19.8. The van der Waals surface area contributed by atoms with Gasteiger partial charge >= 0.3 is 6.03 Å². The molecule has 98 valence electrons. The van der Waals surface area contributed by atoms with E-state index in [0.29, 0.717) is 12.5 Å². The van der Waals surface area contributed by atoms with Crippen molar-refractivity contribution >= 4 is 11.7 Å². The molecular formula is C14H21N3O. The number of hydrogen-bond donors (Lipinski definition) is 2. The molecule has 18 heavy (non-hydrogen) atoms. The lowest BCUT2D eigenvalue weighted by Gasteiger charge is -2.34. The molecule has 1 saturated heterocycles. The Labute approximate surface area is 108 Å². The fourth-order valence-corrected chi connectivity index (χ4v) is 2.48. The number of anilines is 1. The van der Waals surface area contributed by atoms with Crippen LogP contribution in [0.2, 0.25) is 0 Å². The van der Waals surface area contributed by atoms with Crippen LogP contribution in [0.4, 0.5) is 10.5 Å². The minimum Gasteiger partial charge on any atom is -0.337 e. The standard InChI is InChI=1S/C14H21N3O/c1-10-3-4-13(11(2)7-10)17-9-12(5-6-15)8-16-14(17)18/h3-4,7,12H,5-6,8-9,15H2,1-2H3,(H,16,18). The van der Waals surface area contributed by atoms with Gasteiger partial charge in [0.15, 0.2) is 0 Å². The first-order valence-corrected chi connectivity index (χ1v) is 6.44. The summed E-state index contributed by atoms with van der Waals surface area (Å²) in [5.74, 6) is 0.438. The van der Waals surface area contributed by atoms with Gasteiger partial charge < -0.3 is 11.1 Å². The molecule has 0 bridgehead atoms. The maximum absolute atomic E-state index is 12.0. The summed E-state index contributed by atoms with van der Waals surface area (Å²) in [7, 11) is 0. The van der Waals surface area contributed by atoms with Crippen molar-refractivity contribution in [1.82, 2.24) is 5.32 Å². The highest BCUT2D eigenvalue weighted by Gasteiger charge is 2.26. The van der Waals surface area contributed by atoms with Crippen LogP contribution in [0.3, 0.4) is 0 Å². The van der Waals surface area contributed by atoms with Crippen LogP contribution >= 0.6 is 0 Å². The minimum absolute atomic E-state index is 0.00442. The van der Waals surface area contributed by atoms with Crippen LogP contribution < -0.4 is 16.0 Å². The number of urea groups is 1. The van der Waals surface area contributed by atoms with Crippen molar-refractivity contribution in [1.29, 1.82) is 0 Å². The summed E-state index contributed by atoms with van der Waals surface area (Å²) in [6.07, 6.45) is 0.946. The predicted octanol–water partition coefficient (Wildman–Crippen LogP) is 1.80. The summed E-state index contributed by atoms with van der Waals surface area (Å²) in [6.45, 7) is 6.26. The first-order valence-electron chi connectivity index (χ1n) is 6.44. The van der Waals surface area contributed by atoms with Gasteiger partial charge in [0.05, 0.1) is 0 Å². The van der Waals surface area contributed by atoms with Gasteiger partial charge in [-0.2, -0.15) is 0 Å². The second kappa shape index (κ2) is 5.40. The summed E-state index contributed by atoms with van der Waals surface area (Å²) in [4.78, 5) is 13.8. The molecule has 0 spiro atoms. The first kappa shape index (κ1) is 12.9. The van der Waals surface area contributed by atoms with Crippen molar-refractivity contribution in [2.24, 2.45) is 11.7 Å². The molecule has 1 unspecified atom stereocenters. The Bertz CT molecular complexity index is 445. The molecule has 0 saturated carbocycles. The van der Waals surface area contributed by atoms with Crippen molar-refractivity contribution in [3.63, 3.8) is 0 Å². The van der Waals surface area contributed by atoms with Crippen molar-refractivity contribution in [3.8, 4) is 0 Å². The first-order chi connectivity index (χ1) is 8.61. The SMILES string of the molecule is Cc1ccc(N2CC(CCN)CNC2=O)c(C)c1. The Morgan fingerprint density at radius 3 is 2.89 bits per heavy atom. The summed E-state index contributed by atoms with van der Waals surface area (Å²) < 4.78 is 0. The number of nitrogens with two attached hydrogens (primary N) is 1. The van der Waals surface area contributed by atoms with Crippen molar-refractivity contribution < 1.29 is 4.79 Å². The molecule has 1 aromatic carbocycles. The lowest BCUT2D eigenvalue weighted by atomic mass is 10.0. The van der Waals surface area contributed by atoms with Crippen molar-refractivity contribution in [2.45, 2.75) is 20.3 Å². The van der Waals surface area contributed by atoms with Crippen LogP contribution in [0.25, 0.3) is 0 Å². The van der Waals surface area contributed by atoms with E-state index in [1.165, 1.54) is 5.56 Å². The molecule has 2 rings (SSSR count). The van der Waals surface area contributed by atoms with Crippen LogP contribution in [0.1, 0.15) is 17.5 Å². The van der Waals surface area contributed by atoms with Crippen LogP contribution in [0, 0.1) is 19.8 Å². The van der Waals surface area contributed by atoms with Crippen molar-refractivity contribution in [2.75, 3.05) is 24.5 Å². The maximum Gasteiger partial charge on any atom is 0.321 e. The highest BCUT2D eigenvalue weighted by molar-refractivity contribution is 5.93. The van der Waals surface area contributed by atoms with E-state index in [2.05, 4.69) is 18.3 Å². The van der Waals surface area contributed by atoms with Gasteiger partial charge in [-0.05, 0) is 44.4 Å².